The van der Waals surface area contributed by atoms with Crippen LogP contribution in [0.5, 0.6) is 0 Å². The van der Waals surface area contributed by atoms with Crippen LogP contribution in [0.1, 0.15) is 52.1 Å². The molecule has 0 saturated heterocycles. The molecule has 0 radical (unpaired) electrons. The lowest BCUT2D eigenvalue weighted by Crippen LogP contribution is -2.37. The van der Waals surface area contributed by atoms with Crippen molar-refractivity contribution in [3.8, 4) is 0 Å². The number of benzene rings is 1. The van der Waals surface area contributed by atoms with Crippen molar-refractivity contribution in [2.75, 3.05) is 7.05 Å². The first kappa shape index (κ1) is 18.1. The summed E-state index contributed by atoms with van der Waals surface area (Å²) >= 11 is 0. The highest BCUT2D eigenvalue weighted by molar-refractivity contribution is 7.89. The lowest BCUT2D eigenvalue weighted by Gasteiger charge is -2.22. The summed E-state index contributed by atoms with van der Waals surface area (Å²) in [6, 6.07) is 7.21. The molecule has 5 heteroatoms. The highest BCUT2D eigenvalue weighted by Gasteiger charge is 2.21. The molecule has 0 aliphatic carbocycles. The van der Waals surface area contributed by atoms with E-state index in [1.807, 2.05) is 33.0 Å². The van der Waals surface area contributed by atoms with Gasteiger partial charge in [-0.05, 0) is 44.5 Å². The van der Waals surface area contributed by atoms with E-state index in [4.69, 9.17) is 0 Å². The van der Waals surface area contributed by atoms with E-state index < -0.39 is 10.0 Å². The van der Waals surface area contributed by atoms with Crippen LogP contribution in [-0.2, 0) is 10.0 Å². The lowest BCUT2D eigenvalue weighted by atomic mass is 9.96. The predicted octanol–water partition coefficient (Wildman–Crippen LogP) is 3.07. The van der Waals surface area contributed by atoms with Crippen LogP contribution in [0.15, 0.2) is 29.2 Å². The summed E-state index contributed by atoms with van der Waals surface area (Å²) in [5.41, 5.74) is 1.07. The Morgan fingerprint density at radius 2 is 1.57 bits per heavy atom. The molecule has 2 atom stereocenters. The van der Waals surface area contributed by atoms with Crippen LogP contribution in [0.4, 0.5) is 0 Å². The molecular weight excluding hydrogens is 284 g/mol. The van der Waals surface area contributed by atoms with Gasteiger partial charge in [-0.1, -0.05) is 38.8 Å². The van der Waals surface area contributed by atoms with E-state index in [1.165, 1.54) is 0 Å². The van der Waals surface area contributed by atoms with Crippen molar-refractivity contribution >= 4 is 10.0 Å². The molecule has 4 nitrogen and oxygen atoms in total. The van der Waals surface area contributed by atoms with Gasteiger partial charge < -0.3 is 5.32 Å². The largest absolute Gasteiger partial charge is 0.313 e. The van der Waals surface area contributed by atoms with E-state index in [0.29, 0.717) is 10.8 Å². The van der Waals surface area contributed by atoms with Crippen molar-refractivity contribution in [2.24, 2.45) is 5.92 Å². The Bertz CT molecular complexity index is 522. The fourth-order valence-corrected chi connectivity index (χ4v) is 3.82. The SMILES string of the molecule is CCC(CC)C(C)NS(=O)(=O)c1ccc(C(C)NC)cc1. The molecule has 0 heterocycles. The molecule has 0 aliphatic heterocycles. The van der Waals surface area contributed by atoms with Gasteiger partial charge in [-0.25, -0.2) is 13.1 Å². The van der Waals surface area contributed by atoms with Crippen molar-refractivity contribution < 1.29 is 8.42 Å². The minimum atomic E-state index is -3.44. The summed E-state index contributed by atoms with van der Waals surface area (Å²) in [5.74, 6) is 0.364. The zero-order chi connectivity index (χ0) is 16.0. The fourth-order valence-electron chi connectivity index (χ4n) is 2.51. The first-order chi connectivity index (χ1) is 9.85. The van der Waals surface area contributed by atoms with Gasteiger partial charge in [0.25, 0.3) is 0 Å². The minimum absolute atomic E-state index is 0.0547. The molecule has 0 amide bonds. The maximum absolute atomic E-state index is 12.4. The summed E-state index contributed by atoms with van der Waals surface area (Å²) < 4.78 is 27.6. The van der Waals surface area contributed by atoms with Gasteiger partial charge in [0.05, 0.1) is 4.90 Å². The van der Waals surface area contributed by atoms with Crippen molar-refractivity contribution in [1.29, 1.82) is 0 Å². The number of nitrogens with one attached hydrogen (secondary N) is 2. The average Bonchev–Trinajstić information content (AvgIpc) is 2.47. The van der Waals surface area contributed by atoms with Crippen molar-refractivity contribution in [2.45, 2.75) is 57.5 Å². The van der Waals surface area contributed by atoms with Gasteiger partial charge >= 0.3 is 0 Å². The molecule has 0 aliphatic rings. The zero-order valence-electron chi connectivity index (χ0n) is 13.7. The Labute approximate surface area is 129 Å². The summed E-state index contributed by atoms with van der Waals surface area (Å²) in [6.45, 7) is 8.16. The van der Waals surface area contributed by atoms with Crippen LogP contribution in [0.25, 0.3) is 0 Å². The van der Waals surface area contributed by atoms with Gasteiger partial charge in [-0.15, -0.1) is 0 Å². The molecule has 1 rings (SSSR count). The lowest BCUT2D eigenvalue weighted by molar-refractivity contribution is 0.391. The van der Waals surface area contributed by atoms with Crippen molar-refractivity contribution in [3.05, 3.63) is 29.8 Å². The third-order valence-corrected chi connectivity index (χ3v) is 5.80. The van der Waals surface area contributed by atoms with Crippen LogP contribution in [0, 0.1) is 5.92 Å². The van der Waals surface area contributed by atoms with Crippen LogP contribution in [-0.4, -0.2) is 21.5 Å². The van der Waals surface area contributed by atoms with Gasteiger partial charge in [0.2, 0.25) is 10.0 Å². The second kappa shape index (κ2) is 7.92. The van der Waals surface area contributed by atoms with E-state index in [-0.39, 0.29) is 12.1 Å². The van der Waals surface area contributed by atoms with Gasteiger partial charge in [-0.2, -0.15) is 0 Å². The summed E-state index contributed by atoms with van der Waals surface area (Å²) in [7, 11) is -1.56. The standard InChI is InChI=1S/C16H28N2O2S/c1-6-14(7-2)13(4)18-21(19,20)16-10-8-15(9-11-16)12(3)17-5/h8-14,17-18H,6-7H2,1-5H3. The Balaban J connectivity index is 2.88. The van der Waals surface area contributed by atoms with E-state index in [9.17, 15) is 8.42 Å². The fraction of sp³-hybridized carbons (Fsp3) is 0.625. The second-order valence-electron chi connectivity index (χ2n) is 5.57. The molecule has 0 fully saturated rings. The van der Waals surface area contributed by atoms with Crippen LogP contribution >= 0.6 is 0 Å². The zero-order valence-corrected chi connectivity index (χ0v) is 14.5. The van der Waals surface area contributed by atoms with E-state index in [1.54, 1.807) is 12.1 Å². The van der Waals surface area contributed by atoms with Crippen molar-refractivity contribution in [1.82, 2.24) is 10.0 Å². The maximum atomic E-state index is 12.4. The molecule has 0 saturated carbocycles. The van der Waals surface area contributed by atoms with E-state index >= 15 is 0 Å². The summed E-state index contributed by atoms with van der Waals surface area (Å²) in [4.78, 5) is 0.326. The highest BCUT2D eigenvalue weighted by atomic mass is 32.2. The Hall–Kier alpha value is -0.910. The van der Waals surface area contributed by atoms with E-state index in [2.05, 4.69) is 23.9 Å². The van der Waals surface area contributed by atoms with Gasteiger partial charge in [0.15, 0.2) is 0 Å². The second-order valence-corrected chi connectivity index (χ2v) is 7.28. The number of rotatable bonds is 8. The molecule has 0 bridgehead atoms. The third kappa shape index (κ3) is 4.80. The van der Waals surface area contributed by atoms with Gasteiger partial charge in [0.1, 0.15) is 0 Å². The minimum Gasteiger partial charge on any atom is -0.313 e. The normalized spacial score (nSPS) is 15.1. The molecule has 120 valence electrons. The molecule has 2 N–H and O–H groups in total. The van der Waals surface area contributed by atoms with Gasteiger partial charge in [0, 0.05) is 12.1 Å². The molecular formula is C16H28N2O2S. The topological polar surface area (TPSA) is 58.2 Å². The van der Waals surface area contributed by atoms with Gasteiger partial charge in [-0.3, -0.25) is 0 Å². The highest BCUT2D eigenvalue weighted by Crippen LogP contribution is 2.18. The van der Waals surface area contributed by atoms with Crippen LogP contribution < -0.4 is 10.0 Å². The first-order valence-electron chi connectivity index (χ1n) is 7.65. The molecule has 21 heavy (non-hydrogen) atoms. The summed E-state index contributed by atoms with van der Waals surface area (Å²) in [6.07, 6.45) is 1.94. The number of sulfonamides is 1. The Morgan fingerprint density at radius 3 is 2.00 bits per heavy atom. The molecule has 0 spiro atoms. The molecule has 1 aromatic rings. The first-order valence-corrected chi connectivity index (χ1v) is 9.13. The van der Waals surface area contributed by atoms with Crippen LogP contribution in [0.2, 0.25) is 0 Å². The maximum Gasteiger partial charge on any atom is 0.240 e. The summed E-state index contributed by atoms with van der Waals surface area (Å²) in [5, 5.41) is 3.14. The van der Waals surface area contributed by atoms with Crippen LogP contribution in [0.3, 0.4) is 0 Å². The molecule has 0 aromatic heterocycles. The third-order valence-electron chi connectivity index (χ3n) is 4.22. The smallest absolute Gasteiger partial charge is 0.240 e. The molecule has 1 aromatic carbocycles. The number of hydrogen-bond donors (Lipinski definition) is 2. The predicted molar refractivity (Wildman–Crippen MR) is 87.8 cm³/mol. The Morgan fingerprint density at radius 1 is 1.05 bits per heavy atom. The van der Waals surface area contributed by atoms with E-state index in [0.717, 1.165) is 18.4 Å². The average molecular weight is 312 g/mol. The van der Waals surface area contributed by atoms with Crippen molar-refractivity contribution in [3.63, 3.8) is 0 Å². The molecule has 2 unspecified atom stereocenters. The number of hydrogen-bond acceptors (Lipinski definition) is 3. The quantitative estimate of drug-likeness (QED) is 0.775. The Kier molecular flexibility index (Phi) is 6.84. The monoisotopic (exact) mass is 312 g/mol.